The molecule has 2 aliphatic rings. The van der Waals surface area contributed by atoms with Gasteiger partial charge in [0.1, 0.15) is 0 Å². The molecule has 0 aromatic carbocycles. The van der Waals surface area contributed by atoms with Gasteiger partial charge < -0.3 is 0 Å². The lowest BCUT2D eigenvalue weighted by Gasteiger charge is -2.26. The van der Waals surface area contributed by atoms with E-state index in [1.54, 1.807) is 0 Å². The highest BCUT2D eigenvalue weighted by Gasteiger charge is 2.26. The smallest absolute Gasteiger partial charge is 0.0165 e. The Hall–Kier alpha value is 0.660. The molecule has 1 nitrogen and oxygen atoms in total. The average molecular weight is 217 g/mol. The van der Waals surface area contributed by atoms with Crippen LogP contribution in [0.2, 0.25) is 0 Å². The molecule has 0 bridgehead atoms. The summed E-state index contributed by atoms with van der Waals surface area (Å²) in [6.45, 7) is 5.06. The molecule has 0 radical (unpaired) electrons. The summed E-state index contributed by atoms with van der Waals surface area (Å²) in [6, 6.07) is 0.925. The van der Waals surface area contributed by atoms with Crippen molar-refractivity contribution in [1.29, 1.82) is 0 Å². The van der Waals surface area contributed by atoms with E-state index in [4.69, 9.17) is 0 Å². The highest BCUT2D eigenvalue weighted by molar-refractivity contribution is 8.76. The lowest BCUT2D eigenvalue weighted by Crippen LogP contribution is -2.36. The molecule has 0 amide bonds. The second-order valence-electron chi connectivity index (χ2n) is 4.25. The van der Waals surface area contributed by atoms with Gasteiger partial charge >= 0.3 is 0 Å². The molecule has 1 saturated carbocycles. The zero-order valence-corrected chi connectivity index (χ0v) is 10.0. The van der Waals surface area contributed by atoms with Gasteiger partial charge in [-0.25, -0.2) is 0 Å². The Labute approximate surface area is 89.4 Å². The summed E-state index contributed by atoms with van der Waals surface area (Å²) in [5, 5.41) is 0. The monoisotopic (exact) mass is 217 g/mol. The molecule has 2 atom stereocenters. The molecule has 0 aromatic heterocycles. The number of nitrogens with zero attached hydrogens (tertiary/aromatic N) is 1. The van der Waals surface area contributed by atoms with Crippen LogP contribution < -0.4 is 0 Å². The summed E-state index contributed by atoms with van der Waals surface area (Å²) >= 11 is 0. The first-order valence-electron chi connectivity index (χ1n) is 5.35. The zero-order chi connectivity index (χ0) is 9.10. The summed E-state index contributed by atoms with van der Waals surface area (Å²) in [7, 11) is 4.11. The van der Waals surface area contributed by atoms with Crippen molar-refractivity contribution in [1.82, 2.24) is 4.90 Å². The van der Waals surface area contributed by atoms with E-state index >= 15 is 0 Å². The Balaban J connectivity index is 1.84. The minimum Gasteiger partial charge on any atom is -0.299 e. The maximum absolute atomic E-state index is 2.73. The minimum absolute atomic E-state index is 0.925. The molecular formula is C10H19NS2. The summed E-state index contributed by atoms with van der Waals surface area (Å²) < 4.78 is 0. The summed E-state index contributed by atoms with van der Waals surface area (Å²) in [6.07, 6.45) is 4.37. The SMILES string of the molecule is CC1CCC(N2CCSSCC2)C1. The van der Waals surface area contributed by atoms with Gasteiger partial charge in [0.05, 0.1) is 0 Å². The second-order valence-corrected chi connectivity index (χ2v) is 6.95. The molecule has 76 valence electrons. The van der Waals surface area contributed by atoms with Crippen LogP contribution >= 0.6 is 21.6 Å². The lowest BCUT2D eigenvalue weighted by atomic mass is 10.1. The van der Waals surface area contributed by atoms with Crippen LogP contribution in [-0.2, 0) is 0 Å². The van der Waals surface area contributed by atoms with E-state index in [2.05, 4.69) is 33.4 Å². The molecule has 1 aliphatic heterocycles. The predicted molar refractivity (Wildman–Crippen MR) is 63.3 cm³/mol. The van der Waals surface area contributed by atoms with Crippen molar-refractivity contribution in [3.05, 3.63) is 0 Å². The molecule has 2 rings (SSSR count). The van der Waals surface area contributed by atoms with Gasteiger partial charge in [-0.3, -0.25) is 4.90 Å². The molecule has 1 saturated heterocycles. The van der Waals surface area contributed by atoms with E-state index in [0.29, 0.717) is 0 Å². The number of hydrogen-bond acceptors (Lipinski definition) is 3. The maximum Gasteiger partial charge on any atom is 0.0165 e. The largest absolute Gasteiger partial charge is 0.299 e. The Morgan fingerprint density at radius 3 is 2.31 bits per heavy atom. The molecular weight excluding hydrogens is 198 g/mol. The van der Waals surface area contributed by atoms with Gasteiger partial charge in [0.25, 0.3) is 0 Å². The van der Waals surface area contributed by atoms with Gasteiger partial charge in [0.15, 0.2) is 0 Å². The van der Waals surface area contributed by atoms with Crippen LogP contribution in [0.4, 0.5) is 0 Å². The molecule has 0 aromatic rings. The van der Waals surface area contributed by atoms with Gasteiger partial charge in [-0.05, 0) is 25.2 Å². The molecule has 1 aliphatic carbocycles. The van der Waals surface area contributed by atoms with Crippen molar-refractivity contribution in [3.63, 3.8) is 0 Å². The van der Waals surface area contributed by atoms with Crippen LogP contribution in [0.3, 0.4) is 0 Å². The highest BCUT2D eigenvalue weighted by atomic mass is 33.1. The van der Waals surface area contributed by atoms with Crippen LogP contribution in [0.1, 0.15) is 26.2 Å². The maximum atomic E-state index is 2.73. The normalized spacial score (nSPS) is 37.6. The molecule has 0 spiro atoms. The van der Waals surface area contributed by atoms with Crippen molar-refractivity contribution in [3.8, 4) is 0 Å². The van der Waals surface area contributed by atoms with Gasteiger partial charge in [-0.2, -0.15) is 0 Å². The second kappa shape index (κ2) is 4.94. The topological polar surface area (TPSA) is 3.24 Å². The average Bonchev–Trinajstić information content (AvgIpc) is 2.43. The van der Waals surface area contributed by atoms with Gasteiger partial charge in [-0.1, -0.05) is 28.5 Å². The number of hydrogen-bond donors (Lipinski definition) is 0. The minimum atomic E-state index is 0.925. The van der Waals surface area contributed by atoms with Crippen LogP contribution in [0, 0.1) is 5.92 Å². The van der Waals surface area contributed by atoms with Crippen molar-refractivity contribution in [2.24, 2.45) is 5.92 Å². The van der Waals surface area contributed by atoms with Crippen LogP contribution in [0.15, 0.2) is 0 Å². The van der Waals surface area contributed by atoms with Crippen LogP contribution in [-0.4, -0.2) is 35.5 Å². The van der Waals surface area contributed by atoms with Crippen LogP contribution in [0.25, 0.3) is 0 Å². The van der Waals surface area contributed by atoms with Gasteiger partial charge in [-0.15, -0.1) is 0 Å². The van der Waals surface area contributed by atoms with Crippen molar-refractivity contribution in [2.75, 3.05) is 24.6 Å². The van der Waals surface area contributed by atoms with Crippen molar-refractivity contribution >= 4 is 21.6 Å². The fraction of sp³-hybridized carbons (Fsp3) is 1.00. The quantitative estimate of drug-likeness (QED) is 0.622. The summed E-state index contributed by atoms with van der Waals surface area (Å²) in [5.41, 5.74) is 0. The lowest BCUT2D eigenvalue weighted by molar-refractivity contribution is 0.221. The Morgan fingerprint density at radius 2 is 1.77 bits per heavy atom. The Bertz CT molecular complexity index is 155. The third-order valence-electron chi connectivity index (χ3n) is 3.19. The molecule has 2 unspecified atom stereocenters. The number of rotatable bonds is 1. The molecule has 0 N–H and O–H groups in total. The van der Waals surface area contributed by atoms with E-state index in [-0.39, 0.29) is 0 Å². The van der Waals surface area contributed by atoms with Crippen molar-refractivity contribution < 1.29 is 0 Å². The fourth-order valence-corrected chi connectivity index (χ4v) is 4.42. The van der Waals surface area contributed by atoms with E-state index in [1.165, 1.54) is 43.9 Å². The van der Waals surface area contributed by atoms with Gasteiger partial charge in [0, 0.05) is 30.6 Å². The van der Waals surface area contributed by atoms with E-state index in [1.807, 2.05) is 0 Å². The van der Waals surface area contributed by atoms with E-state index in [0.717, 1.165) is 12.0 Å². The standard InChI is InChI=1S/C10H19NS2/c1-9-2-3-10(8-9)11-4-6-12-13-7-5-11/h9-10H,2-8H2,1H3. The molecule has 13 heavy (non-hydrogen) atoms. The predicted octanol–water partition coefficient (Wildman–Crippen LogP) is 2.87. The first-order chi connectivity index (χ1) is 6.36. The summed E-state index contributed by atoms with van der Waals surface area (Å²) in [5.74, 6) is 3.64. The zero-order valence-electron chi connectivity index (χ0n) is 8.37. The van der Waals surface area contributed by atoms with Crippen molar-refractivity contribution in [2.45, 2.75) is 32.2 Å². The highest BCUT2D eigenvalue weighted by Crippen LogP contribution is 2.31. The van der Waals surface area contributed by atoms with Crippen LogP contribution in [0.5, 0.6) is 0 Å². The Kier molecular flexibility index (Phi) is 3.87. The first-order valence-corrected chi connectivity index (χ1v) is 7.83. The summed E-state index contributed by atoms with van der Waals surface area (Å²) in [4.78, 5) is 2.73. The van der Waals surface area contributed by atoms with Gasteiger partial charge in [0.2, 0.25) is 0 Å². The Morgan fingerprint density at radius 1 is 1.08 bits per heavy atom. The third-order valence-corrected chi connectivity index (χ3v) is 5.56. The molecule has 2 fully saturated rings. The van der Waals surface area contributed by atoms with E-state index < -0.39 is 0 Å². The third kappa shape index (κ3) is 2.80. The molecule has 3 heteroatoms. The molecule has 1 heterocycles. The first kappa shape index (κ1) is 10.2. The van der Waals surface area contributed by atoms with E-state index in [9.17, 15) is 0 Å². The fourth-order valence-electron chi connectivity index (χ4n) is 2.41.